The lowest BCUT2D eigenvalue weighted by Gasteiger charge is -2.22. The van der Waals surface area contributed by atoms with E-state index in [0.29, 0.717) is 25.9 Å². The standard InChI is InChI=1S/C57H111NO5/c1-3-5-7-9-11-13-15-16-23-27-31-35-39-43-47-51-57(62)63-52-48-44-40-36-32-28-25-22-20-18-17-19-21-24-26-30-34-38-42-46-50-56(61)58-54(53-59)55(60)49-45-41-37-33-29-14-12-10-8-6-4-2/h16,23,54-55,59-60H,3-15,17-22,24-53H2,1-2H3,(H,58,61)/b23-16-. The predicted molar refractivity (Wildman–Crippen MR) is 273 cm³/mol. The number of rotatable bonds is 53. The van der Waals surface area contributed by atoms with Gasteiger partial charge in [0.25, 0.3) is 0 Å². The van der Waals surface area contributed by atoms with Crippen LogP contribution in [-0.4, -0.2) is 47.4 Å². The third-order valence-corrected chi connectivity index (χ3v) is 13.3. The number of nitrogens with one attached hydrogen (secondary N) is 1. The number of allylic oxidation sites excluding steroid dienone is 2. The average molecular weight is 891 g/mol. The van der Waals surface area contributed by atoms with Crippen molar-refractivity contribution in [1.82, 2.24) is 5.32 Å². The van der Waals surface area contributed by atoms with Crippen LogP contribution in [0, 0.1) is 0 Å². The average Bonchev–Trinajstić information content (AvgIpc) is 3.28. The van der Waals surface area contributed by atoms with Crippen LogP contribution in [0.4, 0.5) is 0 Å². The quantitative estimate of drug-likeness (QED) is 0.0321. The van der Waals surface area contributed by atoms with Crippen molar-refractivity contribution in [2.45, 2.75) is 328 Å². The fraction of sp³-hybridized carbons (Fsp3) is 0.930. The van der Waals surface area contributed by atoms with Crippen molar-refractivity contribution in [2.75, 3.05) is 13.2 Å². The first kappa shape index (κ1) is 61.6. The van der Waals surface area contributed by atoms with Crippen LogP contribution in [0.1, 0.15) is 316 Å². The highest BCUT2D eigenvalue weighted by Gasteiger charge is 2.20. The van der Waals surface area contributed by atoms with Gasteiger partial charge in [-0.1, -0.05) is 264 Å². The molecule has 0 bridgehead atoms. The van der Waals surface area contributed by atoms with E-state index in [2.05, 4.69) is 31.3 Å². The molecule has 0 aliphatic rings. The maximum atomic E-state index is 12.4. The summed E-state index contributed by atoms with van der Waals surface area (Å²) in [5.74, 6) is -0.0340. The van der Waals surface area contributed by atoms with Gasteiger partial charge in [-0.3, -0.25) is 9.59 Å². The van der Waals surface area contributed by atoms with Crippen molar-refractivity contribution >= 4 is 11.9 Å². The zero-order valence-electron chi connectivity index (χ0n) is 42.6. The number of carbonyl (C=O) groups is 2. The first-order valence-electron chi connectivity index (χ1n) is 28.4. The van der Waals surface area contributed by atoms with E-state index < -0.39 is 12.1 Å². The van der Waals surface area contributed by atoms with E-state index in [1.165, 1.54) is 238 Å². The summed E-state index contributed by atoms with van der Waals surface area (Å²) in [7, 11) is 0. The number of aliphatic hydroxyl groups excluding tert-OH is 2. The lowest BCUT2D eigenvalue weighted by molar-refractivity contribution is -0.143. The molecule has 2 atom stereocenters. The Morgan fingerprint density at radius 1 is 0.429 bits per heavy atom. The highest BCUT2D eigenvalue weighted by atomic mass is 16.5. The molecule has 0 spiro atoms. The molecule has 6 heteroatoms. The molecule has 3 N–H and O–H groups in total. The number of hydrogen-bond donors (Lipinski definition) is 3. The normalized spacial score (nSPS) is 12.6. The van der Waals surface area contributed by atoms with Crippen LogP contribution >= 0.6 is 0 Å². The van der Waals surface area contributed by atoms with E-state index in [-0.39, 0.29) is 18.5 Å². The van der Waals surface area contributed by atoms with Crippen molar-refractivity contribution in [3.63, 3.8) is 0 Å². The summed E-state index contributed by atoms with van der Waals surface area (Å²) in [6.07, 6.45) is 62.0. The maximum Gasteiger partial charge on any atom is 0.305 e. The van der Waals surface area contributed by atoms with Gasteiger partial charge in [-0.05, 0) is 51.4 Å². The molecule has 0 fully saturated rings. The highest BCUT2D eigenvalue weighted by Crippen LogP contribution is 2.17. The summed E-state index contributed by atoms with van der Waals surface area (Å²) in [5.41, 5.74) is 0. The Hall–Kier alpha value is -1.40. The summed E-state index contributed by atoms with van der Waals surface area (Å²) in [4.78, 5) is 24.5. The number of carbonyl (C=O) groups excluding carboxylic acids is 2. The van der Waals surface area contributed by atoms with Crippen LogP contribution in [0.3, 0.4) is 0 Å². The minimum absolute atomic E-state index is 0.00299. The largest absolute Gasteiger partial charge is 0.466 e. The number of aliphatic hydroxyl groups is 2. The Balaban J connectivity index is 3.37. The summed E-state index contributed by atoms with van der Waals surface area (Å²) in [6, 6.07) is -0.541. The van der Waals surface area contributed by atoms with Gasteiger partial charge in [0, 0.05) is 12.8 Å². The molecule has 1 amide bonds. The summed E-state index contributed by atoms with van der Waals surface area (Å²) in [5, 5.41) is 23.2. The molecule has 0 radical (unpaired) electrons. The first-order valence-corrected chi connectivity index (χ1v) is 28.4. The van der Waals surface area contributed by atoms with Crippen LogP contribution < -0.4 is 5.32 Å². The topological polar surface area (TPSA) is 95.9 Å². The summed E-state index contributed by atoms with van der Waals surface area (Å²) < 4.78 is 5.48. The zero-order chi connectivity index (χ0) is 45.8. The minimum Gasteiger partial charge on any atom is -0.466 e. The van der Waals surface area contributed by atoms with Crippen molar-refractivity contribution in [3.8, 4) is 0 Å². The van der Waals surface area contributed by atoms with Crippen molar-refractivity contribution in [3.05, 3.63) is 12.2 Å². The van der Waals surface area contributed by atoms with Gasteiger partial charge >= 0.3 is 5.97 Å². The number of unbranched alkanes of at least 4 members (excludes halogenated alkanes) is 40. The second-order valence-electron chi connectivity index (χ2n) is 19.6. The van der Waals surface area contributed by atoms with E-state index >= 15 is 0 Å². The second-order valence-corrected chi connectivity index (χ2v) is 19.6. The molecular formula is C57H111NO5. The summed E-state index contributed by atoms with van der Waals surface area (Å²) in [6.45, 7) is 4.94. The molecule has 0 heterocycles. The first-order chi connectivity index (χ1) is 31.0. The van der Waals surface area contributed by atoms with E-state index in [4.69, 9.17) is 4.74 Å². The SMILES string of the molecule is CCCCCCCC/C=C\CCCCCCCC(=O)OCCCCCCCCCCCCCCCCCCCCCCC(=O)NC(CO)C(O)CCCCCCCCCCCCC. The molecule has 0 rings (SSSR count). The van der Waals surface area contributed by atoms with Crippen molar-refractivity contribution in [2.24, 2.45) is 0 Å². The van der Waals surface area contributed by atoms with E-state index in [9.17, 15) is 19.8 Å². The smallest absolute Gasteiger partial charge is 0.305 e. The van der Waals surface area contributed by atoms with Gasteiger partial charge in [0.15, 0.2) is 0 Å². The molecule has 0 saturated heterocycles. The van der Waals surface area contributed by atoms with Crippen LogP contribution in [0.2, 0.25) is 0 Å². The molecule has 2 unspecified atom stereocenters. The summed E-state index contributed by atoms with van der Waals surface area (Å²) >= 11 is 0. The lowest BCUT2D eigenvalue weighted by Crippen LogP contribution is -2.45. The fourth-order valence-electron chi connectivity index (χ4n) is 8.93. The minimum atomic E-state index is -0.663. The Kier molecular flexibility index (Phi) is 52.0. The second kappa shape index (κ2) is 53.2. The number of ether oxygens (including phenoxy) is 1. The third-order valence-electron chi connectivity index (χ3n) is 13.3. The molecule has 374 valence electrons. The van der Waals surface area contributed by atoms with Crippen LogP contribution in [0.5, 0.6) is 0 Å². The van der Waals surface area contributed by atoms with Gasteiger partial charge in [-0.15, -0.1) is 0 Å². The number of esters is 1. The van der Waals surface area contributed by atoms with Gasteiger partial charge < -0.3 is 20.3 Å². The Morgan fingerprint density at radius 3 is 1.13 bits per heavy atom. The molecule has 0 aliphatic heterocycles. The van der Waals surface area contributed by atoms with Gasteiger partial charge in [0.1, 0.15) is 0 Å². The number of hydrogen-bond acceptors (Lipinski definition) is 5. The molecule has 0 saturated carbocycles. The Bertz CT molecular complexity index is 939. The molecule has 0 aromatic heterocycles. The molecule has 63 heavy (non-hydrogen) atoms. The maximum absolute atomic E-state index is 12.4. The fourth-order valence-corrected chi connectivity index (χ4v) is 8.93. The van der Waals surface area contributed by atoms with E-state index in [1.54, 1.807) is 0 Å². The van der Waals surface area contributed by atoms with E-state index in [1.807, 2.05) is 0 Å². The van der Waals surface area contributed by atoms with Crippen LogP contribution in [0.25, 0.3) is 0 Å². The predicted octanol–water partition coefficient (Wildman–Crippen LogP) is 17.3. The van der Waals surface area contributed by atoms with Gasteiger partial charge in [0.2, 0.25) is 5.91 Å². The zero-order valence-corrected chi connectivity index (χ0v) is 42.6. The van der Waals surface area contributed by atoms with Crippen LogP contribution in [0.15, 0.2) is 12.2 Å². The molecule has 0 aromatic rings. The molecule has 0 aliphatic carbocycles. The van der Waals surface area contributed by atoms with Crippen molar-refractivity contribution < 1.29 is 24.5 Å². The lowest BCUT2D eigenvalue weighted by atomic mass is 10.0. The highest BCUT2D eigenvalue weighted by molar-refractivity contribution is 5.76. The number of amides is 1. The van der Waals surface area contributed by atoms with E-state index in [0.717, 1.165) is 44.9 Å². The third kappa shape index (κ3) is 49.9. The monoisotopic (exact) mass is 890 g/mol. The molecule has 6 nitrogen and oxygen atoms in total. The van der Waals surface area contributed by atoms with Crippen molar-refractivity contribution in [1.29, 1.82) is 0 Å². The van der Waals surface area contributed by atoms with Gasteiger partial charge in [0.05, 0.1) is 25.4 Å². The Morgan fingerprint density at radius 2 is 0.746 bits per heavy atom. The molecule has 0 aromatic carbocycles. The van der Waals surface area contributed by atoms with Gasteiger partial charge in [-0.2, -0.15) is 0 Å². The van der Waals surface area contributed by atoms with Crippen LogP contribution in [-0.2, 0) is 14.3 Å². The molecular weight excluding hydrogens is 779 g/mol. The Labute approximate surface area is 393 Å². The van der Waals surface area contributed by atoms with Gasteiger partial charge in [-0.25, -0.2) is 0 Å².